The minimum Gasteiger partial charge on any atom is -0.480 e. The number of nitrogens with one attached hydrogen (secondary N) is 2. The van der Waals surface area contributed by atoms with Gasteiger partial charge in [-0.15, -0.1) is 0 Å². The molecule has 0 fully saturated rings. The minimum atomic E-state index is -1.29. The number of carbonyl (C=O) groups excluding carboxylic acids is 1. The highest BCUT2D eigenvalue weighted by molar-refractivity contribution is 5.79. The number of carbonyl (C=O) groups is 2. The van der Waals surface area contributed by atoms with E-state index in [1.807, 2.05) is 0 Å². The molecule has 1 unspecified atom stereocenters. The first kappa shape index (κ1) is 15.7. The van der Waals surface area contributed by atoms with Gasteiger partial charge in [0.15, 0.2) is 0 Å². The summed E-state index contributed by atoms with van der Waals surface area (Å²) >= 11 is 0. The van der Waals surface area contributed by atoms with Crippen molar-refractivity contribution < 1.29 is 24.5 Å². The second kappa shape index (κ2) is 8.84. The van der Waals surface area contributed by atoms with Gasteiger partial charge < -0.3 is 31.7 Å². The number of aliphatic carboxylic acids is 1. The number of hydrogen-bond acceptors (Lipinski definition) is 7. The number of aliphatic hydroxyl groups is 1. The maximum absolute atomic E-state index is 11.1. The van der Waals surface area contributed by atoms with Crippen molar-refractivity contribution in [2.45, 2.75) is 12.5 Å². The zero-order valence-electron chi connectivity index (χ0n) is 9.26. The Hall–Kier alpha value is -1.26. The molecule has 0 saturated carbocycles. The zero-order valence-corrected chi connectivity index (χ0v) is 9.26. The summed E-state index contributed by atoms with van der Waals surface area (Å²) in [6.45, 7) is -0.00818. The summed E-state index contributed by atoms with van der Waals surface area (Å²) in [5.74, 6) is -1.71. The predicted octanol–water partition coefficient (Wildman–Crippen LogP) is -3.64. The van der Waals surface area contributed by atoms with Gasteiger partial charge >= 0.3 is 5.97 Å². The van der Waals surface area contributed by atoms with E-state index in [-0.39, 0.29) is 26.2 Å². The Balaban J connectivity index is 3.62. The lowest BCUT2D eigenvalue weighted by Gasteiger charge is -2.13. The van der Waals surface area contributed by atoms with Crippen LogP contribution in [0.1, 0.15) is 0 Å². The molecule has 0 aromatic rings. The lowest BCUT2D eigenvalue weighted by molar-refractivity contribution is -0.138. The molecule has 0 aliphatic rings. The second-order valence-electron chi connectivity index (χ2n) is 3.14. The largest absolute Gasteiger partial charge is 0.480 e. The fourth-order valence-electron chi connectivity index (χ4n) is 0.792. The fourth-order valence-corrected chi connectivity index (χ4v) is 0.792. The van der Waals surface area contributed by atoms with Crippen LogP contribution in [0.5, 0.6) is 0 Å². The molecule has 0 aliphatic carbocycles. The zero-order chi connectivity index (χ0) is 13.3. The molecule has 0 rings (SSSR count). The molecule has 0 aliphatic heterocycles. The Morgan fingerprint density at radius 1 is 1.41 bits per heavy atom. The third kappa shape index (κ3) is 8.54. The van der Waals surface area contributed by atoms with Crippen molar-refractivity contribution in [2.75, 3.05) is 26.2 Å². The van der Waals surface area contributed by atoms with Crippen LogP contribution in [0.15, 0.2) is 0 Å². The monoisotopic (exact) mass is 250 g/mol. The average Bonchev–Trinajstić information content (AvgIpc) is 2.30. The first-order valence-corrected chi connectivity index (χ1v) is 4.95. The molecule has 0 radical (unpaired) electrons. The number of ether oxygens (including phenoxy) is 1. The van der Waals surface area contributed by atoms with Gasteiger partial charge in [-0.05, 0) is 0 Å². The number of carboxylic acids is 1. The molecule has 0 saturated heterocycles. The van der Waals surface area contributed by atoms with Crippen molar-refractivity contribution in [3.05, 3.63) is 0 Å². The minimum absolute atomic E-state index is 0.152. The van der Waals surface area contributed by atoms with Crippen LogP contribution in [0.25, 0.3) is 0 Å². The average molecular weight is 250 g/mol. The molecule has 0 aromatic carbocycles. The third-order valence-electron chi connectivity index (χ3n) is 1.67. The van der Waals surface area contributed by atoms with Crippen molar-refractivity contribution in [3.63, 3.8) is 0 Å². The van der Waals surface area contributed by atoms with Crippen molar-refractivity contribution in [1.29, 1.82) is 0 Å². The van der Waals surface area contributed by atoms with Gasteiger partial charge in [-0.25, -0.2) is 0 Å². The topological polar surface area (TPSA) is 160 Å². The van der Waals surface area contributed by atoms with Gasteiger partial charge in [0, 0.05) is 13.1 Å². The van der Waals surface area contributed by atoms with Crippen LogP contribution in [0.3, 0.4) is 0 Å². The van der Waals surface area contributed by atoms with Crippen molar-refractivity contribution in [2.24, 2.45) is 11.5 Å². The van der Waals surface area contributed by atoms with Gasteiger partial charge in [0.25, 0.3) is 0 Å². The maximum atomic E-state index is 11.1. The lowest BCUT2D eigenvalue weighted by Crippen LogP contribution is -2.46. The summed E-state index contributed by atoms with van der Waals surface area (Å²) in [6, 6.07) is -1.16. The molecule has 0 bridgehead atoms. The Labute approximate surface area is 98.1 Å². The van der Waals surface area contributed by atoms with Crippen molar-refractivity contribution >= 4 is 11.9 Å². The molecule has 1 amide bonds. The Morgan fingerprint density at radius 2 is 2.06 bits per heavy atom. The molecule has 9 heteroatoms. The lowest BCUT2D eigenvalue weighted by atomic mass is 10.3. The van der Waals surface area contributed by atoms with E-state index in [2.05, 4.69) is 10.6 Å². The van der Waals surface area contributed by atoms with E-state index in [0.717, 1.165) is 0 Å². The first-order chi connectivity index (χ1) is 7.97. The van der Waals surface area contributed by atoms with E-state index in [1.54, 1.807) is 0 Å². The van der Waals surface area contributed by atoms with Gasteiger partial charge in [-0.3, -0.25) is 14.9 Å². The summed E-state index contributed by atoms with van der Waals surface area (Å²) < 4.78 is 4.73. The normalized spacial score (nSPS) is 14.1. The van der Waals surface area contributed by atoms with Crippen LogP contribution < -0.4 is 22.1 Å². The Morgan fingerprint density at radius 3 is 2.59 bits per heavy atom. The molecular formula is C8H18N4O5. The van der Waals surface area contributed by atoms with E-state index >= 15 is 0 Å². The summed E-state index contributed by atoms with van der Waals surface area (Å²) in [5.41, 5.74) is 10.3. The molecule has 100 valence electrons. The molecule has 2 atom stereocenters. The van der Waals surface area contributed by atoms with Crippen LogP contribution in [0, 0.1) is 0 Å². The Bertz CT molecular complexity index is 250. The predicted molar refractivity (Wildman–Crippen MR) is 57.6 cm³/mol. The van der Waals surface area contributed by atoms with Crippen LogP contribution in [-0.4, -0.2) is 60.8 Å². The number of aliphatic hydroxyl groups excluding tert-OH is 1. The number of carboxylic acid groups (broad SMARTS) is 1. The molecule has 0 spiro atoms. The molecule has 17 heavy (non-hydrogen) atoms. The molecule has 9 nitrogen and oxygen atoms in total. The first-order valence-electron chi connectivity index (χ1n) is 4.95. The highest BCUT2D eigenvalue weighted by Crippen LogP contribution is 1.80. The molecular weight excluding hydrogens is 232 g/mol. The summed E-state index contributed by atoms with van der Waals surface area (Å²) in [5, 5.41) is 22.2. The molecule has 0 heterocycles. The van der Waals surface area contributed by atoms with Crippen LogP contribution in [-0.2, 0) is 14.3 Å². The van der Waals surface area contributed by atoms with Gasteiger partial charge in [0.05, 0.1) is 13.2 Å². The standard InChI is InChI=1S/C8H18N4O5/c9-1-2-17-8(16)12-4-6(13)11-3-5(10)7(14)15/h5,8,12,16H,1-4,9-10H2,(H,11,13)(H,14,15)/t5-,8?/m0/s1. The van der Waals surface area contributed by atoms with Gasteiger partial charge in [0.2, 0.25) is 12.3 Å². The van der Waals surface area contributed by atoms with Crippen LogP contribution >= 0.6 is 0 Å². The quantitative estimate of drug-likeness (QED) is 0.228. The number of nitrogens with two attached hydrogens (primary N) is 2. The second-order valence-corrected chi connectivity index (χ2v) is 3.14. The fraction of sp³-hybridized carbons (Fsp3) is 0.750. The third-order valence-corrected chi connectivity index (χ3v) is 1.67. The van der Waals surface area contributed by atoms with Crippen molar-refractivity contribution in [3.8, 4) is 0 Å². The van der Waals surface area contributed by atoms with Gasteiger partial charge in [-0.2, -0.15) is 0 Å². The number of hydrogen-bond donors (Lipinski definition) is 6. The number of rotatable bonds is 9. The summed E-state index contributed by atoms with van der Waals surface area (Å²) in [4.78, 5) is 21.5. The van der Waals surface area contributed by atoms with Gasteiger partial charge in [-0.1, -0.05) is 0 Å². The summed E-state index contributed by atoms with van der Waals surface area (Å²) in [7, 11) is 0. The van der Waals surface area contributed by atoms with Gasteiger partial charge in [0.1, 0.15) is 6.04 Å². The molecule has 8 N–H and O–H groups in total. The van der Waals surface area contributed by atoms with E-state index in [9.17, 15) is 9.59 Å². The van der Waals surface area contributed by atoms with E-state index in [4.69, 9.17) is 26.4 Å². The van der Waals surface area contributed by atoms with Crippen LogP contribution in [0.4, 0.5) is 0 Å². The highest BCUT2D eigenvalue weighted by atomic mass is 16.6. The maximum Gasteiger partial charge on any atom is 0.322 e. The van der Waals surface area contributed by atoms with Crippen molar-refractivity contribution in [1.82, 2.24) is 10.6 Å². The SMILES string of the molecule is NCCOC(O)NCC(=O)NC[C@H](N)C(=O)O. The van der Waals surface area contributed by atoms with Crippen LogP contribution in [0.2, 0.25) is 0 Å². The highest BCUT2D eigenvalue weighted by Gasteiger charge is 2.13. The smallest absolute Gasteiger partial charge is 0.322 e. The van der Waals surface area contributed by atoms with E-state index < -0.39 is 24.3 Å². The van der Waals surface area contributed by atoms with E-state index in [1.165, 1.54) is 0 Å². The Kier molecular flexibility index (Phi) is 8.19. The molecule has 0 aromatic heterocycles. The number of amides is 1. The van der Waals surface area contributed by atoms with E-state index in [0.29, 0.717) is 0 Å². The summed E-state index contributed by atoms with van der Waals surface area (Å²) in [6.07, 6.45) is -1.29.